The fraction of sp³-hybridized carbons (Fsp3) is 0.250. The van der Waals surface area contributed by atoms with Gasteiger partial charge in [0.1, 0.15) is 11.5 Å². The van der Waals surface area contributed by atoms with Crippen LogP contribution in [0.5, 0.6) is 11.5 Å². The highest BCUT2D eigenvalue weighted by atomic mass is 79.9. The topological polar surface area (TPSA) is 35.2 Å². The van der Waals surface area contributed by atoms with Crippen molar-refractivity contribution in [3.8, 4) is 11.5 Å². The van der Waals surface area contributed by atoms with Gasteiger partial charge in [0.05, 0.1) is 0 Å². The maximum atomic E-state index is 6.04. The Labute approximate surface area is 122 Å². The van der Waals surface area contributed by atoms with Gasteiger partial charge in [0.2, 0.25) is 0 Å². The number of halogens is 1. The summed E-state index contributed by atoms with van der Waals surface area (Å²) in [5, 5.41) is 0. The number of rotatable bonds is 3. The molecule has 0 fully saturated rings. The lowest BCUT2D eigenvalue weighted by Crippen LogP contribution is -1.96. The minimum absolute atomic E-state index is 0.404. The van der Waals surface area contributed by atoms with E-state index in [-0.39, 0.29) is 0 Å². The molecule has 2 N–H and O–H groups in total. The molecule has 2 aromatic carbocycles. The molecular formula is C16H18BrNO. The van der Waals surface area contributed by atoms with Crippen LogP contribution in [0.1, 0.15) is 30.9 Å². The summed E-state index contributed by atoms with van der Waals surface area (Å²) in [6, 6.07) is 11.8. The Kier molecular flexibility index (Phi) is 4.15. The van der Waals surface area contributed by atoms with Gasteiger partial charge in [-0.15, -0.1) is 0 Å². The fourth-order valence-corrected chi connectivity index (χ4v) is 2.35. The molecule has 0 amide bonds. The standard InChI is InChI=1S/C16H18BrNO/c1-10(2)14-9-12(17)4-6-16(14)19-15-7-5-13(18)8-11(15)3/h4-10H,18H2,1-3H3. The third-order valence-corrected chi connectivity index (χ3v) is 3.51. The summed E-state index contributed by atoms with van der Waals surface area (Å²) >= 11 is 3.50. The van der Waals surface area contributed by atoms with E-state index in [1.54, 1.807) is 0 Å². The van der Waals surface area contributed by atoms with E-state index < -0.39 is 0 Å². The van der Waals surface area contributed by atoms with Gasteiger partial charge in [-0.2, -0.15) is 0 Å². The minimum Gasteiger partial charge on any atom is -0.457 e. The first-order valence-corrected chi connectivity index (χ1v) is 7.10. The Morgan fingerprint density at radius 1 is 1.05 bits per heavy atom. The third kappa shape index (κ3) is 3.29. The lowest BCUT2D eigenvalue weighted by atomic mass is 10.0. The second kappa shape index (κ2) is 5.66. The Balaban J connectivity index is 2.38. The maximum absolute atomic E-state index is 6.04. The summed E-state index contributed by atoms with van der Waals surface area (Å²) in [5.41, 5.74) is 8.74. The highest BCUT2D eigenvalue weighted by molar-refractivity contribution is 9.10. The highest BCUT2D eigenvalue weighted by Gasteiger charge is 2.10. The molecule has 0 heterocycles. The molecule has 0 aliphatic rings. The summed E-state index contributed by atoms with van der Waals surface area (Å²) in [4.78, 5) is 0. The van der Waals surface area contributed by atoms with Gasteiger partial charge in [-0.3, -0.25) is 0 Å². The third-order valence-electron chi connectivity index (χ3n) is 3.01. The molecule has 0 saturated heterocycles. The van der Waals surface area contributed by atoms with E-state index in [1.165, 1.54) is 5.56 Å². The van der Waals surface area contributed by atoms with Crippen LogP contribution in [0.3, 0.4) is 0 Å². The number of aryl methyl sites for hydroxylation is 1. The quantitative estimate of drug-likeness (QED) is 0.783. The lowest BCUT2D eigenvalue weighted by molar-refractivity contribution is 0.469. The van der Waals surface area contributed by atoms with Crippen molar-refractivity contribution in [2.24, 2.45) is 0 Å². The average molecular weight is 320 g/mol. The molecule has 2 nitrogen and oxygen atoms in total. The van der Waals surface area contributed by atoms with E-state index in [2.05, 4.69) is 35.8 Å². The molecule has 0 radical (unpaired) electrons. The minimum atomic E-state index is 0.404. The highest BCUT2D eigenvalue weighted by Crippen LogP contribution is 2.34. The molecule has 100 valence electrons. The number of hydrogen-bond acceptors (Lipinski definition) is 2. The van der Waals surface area contributed by atoms with Crippen LogP contribution in [0.25, 0.3) is 0 Å². The zero-order valence-corrected chi connectivity index (χ0v) is 13.0. The van der Waals surface area contributed by atoms with Crippen molar-refractivity contribution in [2.75, 3.05) is 5.73 Å². The van der Waals surface area contributed by atoms with Gasteiger partial charge in [0, 0.05) is 10.2 Å². The molecule has 0 aliphatic heterocycles. The van der Waals surface area contributed by atoms with Gasteiger partial charge in [0.15, 0.2) is 0 Å². The normalized spacial score (nSPS) is 10.8. The molecule has 0 atom stereocenters. The molecule has 3 heteroatoms. The Morgan fingerprint density at radius 2 is 1.74 bits per heavy atom. The van der Waals surface area contributed by atoms with Gasteiger partial charge < -0.3 is 10.5 Å². The zero-order valence-electron chi connectivity index (χ0n) is 11.4. The van der Waals surface area contributed by atoms with Crippen LogP contribution in [0.15, 0.2) is 40.9 Å². The van der Waals surface area contributed by atoms with Gasteiger partial charge in [0.25, 0.3) is 0 Å². The zero-order chi connectivity index (χ0) is 14.0. The molecule has 0 saturated carbocycles. The lowest BCUT2D eigenvalue weighted by Gasteiger charge is -2.15. The predicted molar refractivity (Wildman–Crippen MR) is 83.9 cm³/mol. The second-order valence-corrected chi connectivity index (χ2v) is 5.88. The van der Waals surface area contributed by atoms with Crippen molar-refractivity contribution >= 4 is 21.6 Å². The van der Waals surface area contributed by atoms with Gasteiger partial charge in [-0.25, -0.2) is 0 Å². The smallest absolute Gasteiger partial charge is 0.130 e. The molecule has 2 aromatic rings. The van der Waals surface area contributed by atoms with Crippen LogP contribution in [-0.2, 0) is 0 Å². The SMILES string of the molecule is Cc1cc(N)ccc1Oc1ccc(Br)cc1C(C)C. The van der Waals surface area contributed by atoms with Crippen molar-refractivity contribution in [2.45, 2.75) is 26.7 Å². The molecule has 0 bridgehead atoms. The molecule has 0 spiro atoms. The maximum Gasteiger partial charge on any atom is 0.130 e. The van der Waals surface area contributed by atoms with E-state index in [9.17, 15) is 0 Å². The first-order chi connectivity index (χ1) is 8.97. The van der Waals surface area contributed by atoms with Crippen LogP contribution in [0.2, 0.25) is 0 Å². The predicted octanol–water partition coefficient (Wildman–Crippen LogP) is 5.26. The Morgan fingerprint density at radius 3 is 2.37 bits per heavy atom. The second-order valence-electron chi connectivity index (χ2n) is 4.96. The van der Waals surface area contributed by atoms with Crippen molar-refractivity contribution < 1.29 is 4.74 Å². The summed E-state index contributed by atoms with van der Waals surface area (Å²) in [6.45, 7) is 6.31. The van der Waals surface area contributed by atoms with E-state index in [1.807, 2.05) is 37.3 Å². The van der Waals surface area contributed by atoms with Crippen LogP contribution < -0.4 is 10.5 Å². The van der Waals surface area contributed by atoms with Gasteiger partial charge >= 0.3 is 0 Å². The summed E-state index contributed by atoms with van der Waals surface area (Å²) in [6.07, 6.45) is 0. The largest absolute Gasteiger partial charge is 0.457 e. The number of benzene rings is 2. The first-order valence-electron chi connectivity index (χ1n) is 6.31. The van der Waals surface area contributed by atoms with Gasteiger partial charge in [-0.1, -0.05) is 29.8 Å². The van der Waals surface area contributed by atoms with Crippen molar-refractivity contribution in [1.29, 1.82) is 0 Å². The number of nitrogen functional groups attached to an aromatic ring is 1. The molecule has 2 rings (SSSR count). The molecule has 19 heavy (non-hydrogen) atoms. The summed E-state index contributed by atoms with van der Waals surface area (Å²) < 4.78 is 7.10. The number of nitrogens with two attached hydrogens (primary N) is 1. The van der Waals surface area contributed by atoms with Crippen LogP contribution in [0, 0.1) is 6.92 Å². The number of hydrogen-bond donors (Lipinski definition) is 1. The first kappa shape index (κ1) is 13.9. The molecule has 0 aromatic heterocycles. The van der Waals surface area contributed by atoms with Crippen molar-refractivity contribution in [3.05, 3.63) is 52.0 Å². The Bertz CT molecular complexity index is 593. The van der Waals surface area contributed by atoms with E-state index in [4.69, 9.17) is 10.5 Å². The molecular weight excluding hydrogens is 302 g/mol. The average Bonchev–Trinajstić information content (AvgIpc) is 2.34. The Hall–Kier alpha value is -1.48. The number of ether oxygens (including phenoxy) is 1. The van der Waals surface area contributed by atoms with E-state index >= 15 is 0 Å². The van der Waals surface area contributed by atoms with Crippen LogP contribution in [0.4, 0.5) is 5.69 Å². The summed E-state index contributed by atoms with van der Waals surface area (Å²) in [5.74, 6) is 2.14. The van der Waals surface area contributed by atoms with Gasteiger partial charge in [-0.05, 0) is 60.4 Å². The molecule has 0 aliphatic carbocycles. The number of anilines is 1. The fourth-order valence-electron chi connectivity index (χ4n) is 1.97. The van der Waals surface area contributed by atoms with Crippen molar-refractivity contribution in [3.63, 3.8) is 0 Å². The van der Waals surface area contributed by atoms with Crippen molar-refractivity contribution in [1.82, 2.24) is 0 Å². The van der Waals surface area contributed by atoms with E-state index in [0.717, 1.165) is 27.2 Å². The van der Waals surface area contributed by atoms with Crippen LogP contribution in [-0.4, -0.2) is 0 Å². The van der Waals surface area contributed by atoms with Crippen LogP contribution >= 0.6 is 15.9 Å². The van der Waals surface area contributed by atoms with E-state index in [0.29, 0.717) is 5.92 Å². The molecule has 0 unspecified atom stereocenters. The monoisotopic (exact) mass is 319 g/mol. The summed E-state index contributed by atoms with van der Waals surface area (Å²) in [7, 11) is 0.